The lowest BCUT2D eigenvalue weighted by Gasteiger charge is -2.13. The summed E-state index contributed by atoms with van der Waals surface area (Å²) in [6, 6.07) is 5.15. The highest BCUT2D eigenvalue weighted by molar-refractivity contribution is 5.91. The van der Waals surface area contributed by atoms with Gasteiger partial charge in [0.25, 0.3) is 0 Å². The van der Waals surface area contributed by atoms with Crippen molar-refractivity contribution in [2.45, 2.75) is 6.92 Å². The van der Waals surface area contributed by atoms with Crippen LogP contribution in [0.3, 0.4) is 0 Å². The lowest BCUT2D eigenvalue weighted by atomic mass is 10.0. The molecule has 1 N–H and O–H groups in total. The number of nitrogens with zero attached hydrogens (tertiary/aromatic N) is 5. The average Bonchev–Trinajstić information content (AvgIpc) is 3.01. The van der Waals surface area contributed by atoms with Crippen LogP contribution in [0.25, 0.3) is 33.3 Å². The number of aryl methyl sites for hydroxylation is 2. The molecule has 0 radical (unpaired) electrons. The molecule has 0 aliphatic rings. The molecule has 4 rings (SSSR count). The van der Waals surface area contributed by atoms with Crippen molar-refractivity contribution in [1.29, 1.82) is 0 Å². The molecule has 0 aliphatic heterocycles. The SMILES string of the molecule is COCOc1c(-c2ncc3nc(O)ccc3n2)cc2cn(C)nc2c1C. The van der Waals surface area contributed by atoms with Crippen molar-refractivity contribution >= 4 is 21.9 Å². The van der Waals surface area contributed by atoms with Crippen molar-refractivity contribution in [3.63, 3.8) is 0 Å². The molecule has 0 amide bonds. The Morgan fingerprint density at radius 3 is 2.85 bits per heavy atom. The van der Waals surface area contributed by atoms with Gasteiger partial charge < -0.3 is 14.6 Å². The molecule has 4 aromatic rings. The number of fused-ring (bicyclic) bond motifs is 2. The molecular formula is C18H17N5O3. The molecule has 1 aromatic carbocycles. The number of aromatic hydroxyl groups is 1. The minimum absolute atomic E-state index is 0.0643. The Morgan fingerprint density at radius 1 is 1.19 bits per heavy atom. The normalized spacial score (nSPS) is 11.3. The van der Waals surface area contributed by atoms with Gasteiger partial charge >= 0.3 is 0 Å². The maximum atomic E-state index is 9.51. The molecule has 8 nitrogen and oxygen atoms in total. The van der Waals surface area contributed by atoms with Gasteiger partial charge in [-0.1, -0.05) is 0 Å². The molecule has 26 heavy (non-hydrogen) atoms. The fourth-order valence-electron chi connectivity index (χ4n) is 2.95. The lowest BCUT2D eigenvalue weighted by molar-refractivity contribution is 0.0511. The number of methoxy groups -OCH3 is 1. The van der Waals surface area contributed by atoms with Crippen molar-refractivity contribution in [3.8, 4) is 23.0 Å². The number of aromatic nitrogens is 5. The molecule has 3 heterocycles. The Morgan fingerprint density at radius 2 is 2.04 bits per heavy atom. The Kier molecular flexibility index (Phi) is 3.89. The van der Waals surface area contributed by atoms with Crippen LogP contribution in [0.4, 0.5) is 0 Å². The molecule has 0 spiro atoms. The monoisotopic (exact) mass is 351 g/mol. The first-order valence-corrected chi connectivity index (χ1v) is 7.98. The quantitative estimate of drug-likeness (QED) is 0.565. The van der Waals surface area contributed by atoms with Crippen molar-refractivity contribution in [2.24, 2.45) is 7.05 Å². The molecule has 132 valence electrons. The second-order valence-corrected chi connectivity index (χ2v) is 5.94. The number of ether oxygens (including phenoxy) is 2. The van der Waals surface area contributed by atoms with Gasteiger partial charge in [0.1, 0.15) is 11.3 Å². The number of benzene rings is 1. The zero-order valence-corrected chi connectivity index (χ0v) is 14.6. The van der Waals surface area contributed by atoms with Gasteiger partial charge in [-0.15, -0.1) is 0 Å². The second kappa shape index (κ2) is 6.23. The number of hydrogen-bond acceptors (Lipinski definition) is 7. The standard InChI is InChI=1S/C18H17N5O3/c1-10-16-11(8-23(2)22-16)6-12(17(10)26-9-25-3)18-19-7-14-13(21-18)4-5-15(24)20-14/h4-8H,9H2,1-3H3,(H,20,24). The molecule has 0 atom stereocenters. The van der Waals surface area contributed by atoms with E-state index in [0.29, 0.717) is 22.6 Å². The fraction of sp³-hybridized carbons (Fsp3) is 0.222. The van der Waals surface area contributed by atoms with E-state index in [1.54, 1.807) is 24.1 Å². The summed E-state index contributed by atoms with van der Waals surface area (Å²) in [6.45, 7) is 2.06. The third kappa shape index (κ3) is 2.70. The zero-order chi connectivity index (χ0) is 18.3. The van der Waals surface area contributed by atoms with Gasteiger partial charge in [-0.3, -0.25) is 4.68 Å². The second-order valence-electron chi connectivity index (χ2n) is 5.94. The summed E-state index contributed by atoms with van der Waals surface area (Å²) in [5.41, 5.74) is 3.65. The summed E-state index contributed by atoms with van der Waals surface area (Å²) in [6.07, 6.45) is 3.52. The molecule has 0 saturated carbocycles. The van der Waals surface area contributed by atoms with Crippen LogP contribution < -0.4 is 4.74 Å². The Hall–Kier alpha value is -3.26. The van der Waals surface area contributed by atoms with E-state index in [1.807, 2.05) is 26.2 Å². The maximum Gasteiger partial charge on any atom is 0.211 e. The van der Waals surface area contributed by atoms with Crippen LogP contribution in [-0.2, 0) is 11.8 Å². The first kappa shape index (κ1) is 16.2. The van der Waals surface area contributed by atoms with E-state index in [-0.39, 0.29) is 12.7 Å². The highest BCUT2D eigenvalue weighted by Crippen LogP contribution is 2.36. The van der Waals surface area contributed by atoms with E-state index in [2.05, 4.69) is 20.1 Å². The average molecular weight is 351 g/mol. The van der Waals surface area contributed by atoms with E-state index >= 15 is 0 Å². The summed E-state index contributed by atoms with van der Waals surface area (Å²) in [7, 11) is 3.44. The van der Waals surface area contributed by atoms with Gasteiger partial charge in [0.2, 0.25) is 5.88 Å². The third-order valence-electron chi connectivity index (χ3n) is 4.08. The largest absolute Gasteiger partial charge is 0.493 e. The van der Waals surface area contributed by atoms with Crippen LogP contribution in [0.15, 0.2) is 30.6 Å². The van der Waals surface area contributed by atoms with Crippen LogP contribution in [0.1, 0.15) is 5.56 Å². The summed E-state index contributed by atoms with van der Waals surface area (Å²) in [5.74, 6) is 1.07. The summed E-state index contributed by atoms with van der Waals surface area (Å²) >= 11 is 0. The molecular weight excluding hydrogens is 334 g/mol. The first-order chi connectivity index (χ1) is 12.6. The van der Waals surface area contributed by atoms with Gasteiger partial charge in [-0.05, 0) is 19.1 Å². The van der Waals surface area contributed by atoms with E-state index in [1.165, 1.54) is 6.07 Å². The summed E-state index contributed by atoms with van der Waals surface area (Å²) in [5, 5.41) is 15.0. The van der Waals surface area contributed by atoms with Gasteiger partial charge in [-0.25, -0.2) is 15.0 Å². The fourth-order valence-corrected chi connectivity index (χ4v) is 2.95. The molecule has 0 saturated heterocycles. The molecule has 3 aromatic heterocycles. The van der Waals surface area contributed by atoms with E-state index in [4.69, 9.17) is 9.47 Å². The lowest BCUT2D eigenvalue weighted by Crippen LogP contribution is -2.04. The maximum absolute atomic E-state index is 9.51. The van der Waals surface area contributed by atoms with Crippen molar-refractivity contribution in [2.75, 3.05) is 13.9 Å². The molecule has 8 heteroatoms. The highest BCUT2D eigenvalue weighted by atomic mass is 16.7. The van der Waals surface area contributed by atoms with Crippen LogP contribution in [0, 0.1) is 6.92 Å². The molecule has 0 fully saturated rings. The zero-order valence-electron chi connectivity index (χ0n) is 14.6. The van der Waals surface area contributed by atoms with Gasteiger partial charge in [0, 0.05) is 37.4 Å². The Bertz CT molecular complexity index is 1120. The number of hydrogen-bond donors (Lipinski definition) is 1. The van der Waals surface area contributed by atoms with Crippen LogP contribution in [0.5, 0.6) is 11.6 Å². The van der Waals surface area contributed by atoms with E-state index in [9.17, 15) is 5.11 Å². The van der Waals surface area contributed by atoms with Crippen LogP contribution in [0.2, 0.25) is 0 Å². The smallest absolute Gasteiger partial charge is 0.211 e. The van der Waals surface area contributed by atoms with Crippen LogP contribution in [-0.4, -0.2) is 43.7 Å². The van der Waals surface area contributed by atoms with Crippen molar-refractivity contribution in [1.82, 2.24) is 24.7 Å². The Labute approximate surface area is 149 Å². The number of pyridine rings is 1. The predicted octanol–water partition coefficient (Wildman–Crippen LogP) is 2.58. The minimum Gasteiger partial charge on any atom is -0.493 e. The summed E-state index contributed by atoms with van der Waals surface area (Å²) in [4.78, 5) is 13.0. The van der Waals surface area contributed by atoms with Gasteiger partial charge in [0.05, 0.1) is 22.8 Å². The van der Waals surface area contributed by atoms with Crippen molar-refractivity contribution < 1.29 is 14.6 Å². The van der Waals surface area contributed by atoms with Crippen LogP contribution >= 0.6 is 0 Å². The van der Waals surface area contributed by atoms with Crippen molar-refractivity contribution in [3.05, 3.63) is 36.2 Å². The number of rotatable bonds is 4. The highest BCUT2D eigenvalue weighted by Gasteiger charge is 2.18. The van der Waals surface area contributed by atoms with Gasteiger partial charge in [0.15, 0.2) is 12.6 Å². The molecule has 0 bridgehead atoms. The first-order valence-electron chi connectivity index (χ1n) is 7.98. The topological polar surface area (TPSA) is 95.2 Å². The predicted molar refractivity (Wildman–Crippen MR) is 95.9 cm³/mol. The molecule has 0 aliphatic carbocycles. The molecule has 0 unspecified atom stereocenters. The third-order valence-corrected chi connectivity index (χ3v) is 4.08. The van der Waals surface area contributed by atoms with E-state index < -0.39 is 0 Å². The van der Waals surface area contributed by atoms with E-state index in [0.717, 1.165) is 22.0 Å². The van der Waals surface area contributed by atoms with Gasteiger partial charge in [-0.2, -0.15) is 5.10 Å². The summed E-state index contributed by atoms with van der Waals surface area (Å²) < 4.78 is 12.6. The Balaban J connectivity index is 1.95. The minimum atomic E-state index is -0.0643.